The van der Waals surface area contributed by atoms with E-state index in [1.165, 1.54) is 166 Å². The van der Waals surface area contributed by atoms with Crippen LogP contribution in [0.3, 0.4) is 0 Å². The van der Waals surface area contributed by atoms with Crippen LogP contribution in [0.5, 0.6) is 0 Å². The van der Waals surface area contributed by atoms with Crippen LogP contribution in [0.4, 0.5) is 0 Å². The molecule has 0 fully saturated rings. The maximum absolute atomic E-state index is 5.81. The van der Waals surface area contributed by atoms with Crippen molar-refractivity contribution in [3.8, 4) is 72.1 Å². The fourth-order valence-electron chi connectivity index (χ4n) is 9.04. The number of rotatable bonds is 41. The highest BCUT2D eigenvalue weighted by molar-refractivity contribution is 5.41. The molecular formula is C65H104. The van der Waals surface area contributed by atoms with Crippen LogP contribution in [-0.4, -0.2) is 0 Å². The second-order valence-electron chi connectivity index (χ2n) is 19.2. The van der Waals surface area contributed by atoms with Gasteiger partial charge in [0.2, 0.25) is 0 Å². The van der Waals surface area contributed by atoms with Crippen LogP contribution in [0.1, 0.15) is 311 Å². The number of hydrogen-bond acceptors (Lipinski definition) is 0. The minimum absolute atomic E-state index is 0.382. The Hall–Kier alpha value is -3.12. The smallest absolute Gasteiger partial charge is 0.103 e. The largest absolute Gasteiger partial charge is 0.124 e. The second-order valence-corrected chi connectivity index (χ2v) is 19.2. The van der Waals surface area contributed by atoms with Gasteiger partial charge in [-0.3, -0.25) is 0 Å². The molecule has 0 aromatic rings. The van der Waals surface area contributed by atoms with E-state index >= 15 is 0 Å². The summed E-state index contributed by atoms with van der Waals surface area (Å²) in [6, 6.07) is 0. The quantitative estimate of drug-likeness (QED) is 0.0326. The van der Waals surface area contributed by atoms with Gasteiger partial charge in [0.25, 0.3) is 0 Å². The van der Waals surface area contributed by atoms with Gasteiger partial charge < -0.3 is 0 Å². The van der Waals surface area contributed by atoms with E-state index in [2.05, 4.69) is 106 Å². The normalized spacial score (nSPS) is 12.2. The Morgan fingerprint density at radius 3 is 1.23 bits per heavy atom. The standard InChI is InChI=1S/C65H104/c1-8-15-22-29-35-37-42-49-56-63(57-50-43-38-36-30-23-16-9-2)65(61-54-47-40-32-25-18-11-4,62-55-48-41-33-26-19-12-5)64(58-51-44-28-21-14-7,59-52-45-34-27-20-13-6)60-53-46-39-31-24-17-10-3/h4,7,49H,8-10,12-13,15-42,44-47,51,54,57-58,61-62H2,1-3,5-6H3. The summed E-state index contributed by atoms with van der Waals surface area (Å²) >= 11 is 0. The van der Waals surface area contributed by atoms with Gasteiger partial charge in [-0.25, -0.2) is 0 Å². The SMILES string of the molecule is C#CCCCCCCCC(CC#CCCCCCC)(C(=C=CCCCCCCCC)CC#CCCCCCCC)C(C#CCCCCCC)(C#CCCCCCCC)CCCCCC#C. The molecule has 0 heterocycles. The molecule has 0 N–H and O–H groups in total. The Morgan fingerprint density at radius 1 is 0.369 bits per heavy atom. The highest BCUT2D eigenvalue weighted by Gasteiger charge is 2.51. The third-order valence-electron chi connectivity index (χ3n) is 13.3. The summed E-state index contributed by atoms with van der Waals surface area (Å²) in [7, 11) is 0. The number of unbranched alkanes of at least 4 members (excludes halogenated alkanes) is 32. The van der Waals surface area contributed by atoms with E-state index in [0.29, 0.717) is 0 Å². The highest BCUT2D eigenvalue weighted by Crippen LogP contribution is 2.55. The van der Waals surface area contributed by atoms with Crippen LogP contribution < -0.4 is 0 Å². The molecule has 2 atom stereocenters. The molecule has 0 nitrogen and oxygen atoms in total. The van der Waals surface area contributed by atoms with E-state index in [9.17, 15) is 0 Å². The molecule has 0 aliphatic rings. The third-order valence-corrected chi connectivity index (χ3v) is 13.3. The Kier molecular flexibility index (Phi) is 46.5. The van der Waals surface area contributed by atoms with Crippen molar-refractivity contribution >= 4 is 0 Å². The van der Waals surface area contributed by atoms with Crippen molar-refractivity contribution in [3.05, 3.63) is 17.4 Å². The lowest BCUT2D eigenvalue weighted by Gasteiger charge is -2.46. The van der Waals surface area contributed by atoms with Crippen molar-refractivity contribution < 1.29 is 0 Å². The Bertz CT molecular complexity index is 1500. The topological polar surface area (TPSA) is 0 Å². The first kappa shape index (κ1) is 61.9. The lowest BCUT2D eigenvalue weighted by Crippen LogP contribution is -2.42. The third kappa shape index (κ3) is 33.9. The molecule has 364 valence electrons. The fraction of sp³-hybridized carbons (Fsp3) is 0.769. The van der Waals surface area contributed by atoms with Gasteiger partial charge in [0.05, 0.1) is 0 Å². The van der Waals surface area contributed by atoms with Crippen molar-refractivity contribution in [2.24, 2.45) is 10.8 Å². The lowest BCUT2D eigenvalue weighted by atomic mass is 9.54. The Balaban J connectivity index is 8.10. The number of hydrogen-bond donors (Lipinski definition) is 0. The first-order chi connectivity index (χ1) is 32.1. The molecule has 0 spiro atoms. The summed E-state index contributed by atoms with van der Waals surface area (Å²) in [6.45, 7) is 11.5. The van der Waals surface area contributed by atoms with Crippen molar-refractivity contribution in [2.75, 3.05) is 0 Å². The van der Waals surface area contributed by atoms with Gasteiger partial charge in [0.1, 0.15) is 5.41 Å². The molecule has 0 heteroatoms. The van der Waals surface area contributed by atoms with E-state index in [4.69, 9.17) is 12.8 Å². The Morgan fingerprint density at radius 2 is 0.738 bits per heavy atom. The molecule has 0 amide bonds. The van der Waals surface area contributed by atoms with Gasteiger partial charge in [0, 0.05) is 56.8 Å². The molecule has 0 rings (SSSR count). The minimum Gasteiger partial charge on any atom is -0.124 e. The average molecular weight is 886 g/mol. The molecule has 0 aliphatic heterocycles. The van der Waals surface area contributed by atoms with E-state index in [1.807, 2.05) is 0 Å². The molecule has 65 heavy (non-hydrogen) atoms. The first-order valence-corrected chi connectivity index (χ1v) is 28.3. The number of allylic oxidation sites excluding steroid dienone is 1. The van der Waals surface area contributed by atoms with E-state index in [0.717, 1.165) is 116 Å². The maximum atomic E-state index is 5.81. The van der Waals surface area contributed by atoms with Crippen molar-refractivity contribution in [1.29, 1.82) is 0 Å². The summed E-state index contributed by atoms with van der Waals surface area (Å²) in [4.78, 5) is 0. The highest BCUT2D eigenvalue weighted by atomic mass is 14.5. The van der Waals surface area contributed by atoms with Crippen LogP contribution in [-0.2, 0) is 0 Å². The van der Waals surface area contributed by atoms with Crippen LogP contribution in [0.2, 0.25) is 0 Å². The first-order valence-electron chi connectivity index (χ1n) is 28.3. The van der Waals surface area contributed by atoms with E-state index < -0.39 is 5.41 Å². The zero-order valence-electron chi connectivity index (χ0n) is 44.1. The van der Waals surface area contributed by atoms with Gasteiger partial charge in [-0.05, 0) is 75.9 Å². The van der Waals surface area contributed by atoms with Crippen LogP contribution in [0.15, 0.2) is 17.4 Å². The van der Waals surface area contributed by atoms with Crippen molar-refractivity contribution in [1.82, 2.24) is 0 Å². The zero-order chi connectivity index (χ0) is 47.5. The van der Waals surface area contributed by atoms with Gasteiger partial charge in [-0.2, -0.15) is 0 Å². The summed E-state index contributed by atoms with van der Waals surface area (Å²) in [6.07, 6.45) is 63.2. The lowest BCUT2D eigenvalue weighted by molar-refractivity contribution is 0.161. The average Bonchev–Trinajstić information content (AvgIpc) is 3.31. The van der Waals surface area contributed by atoms with Crippen LogP contribution in [0.25, 0.3) is 0 Å². The number of terminal acetylenes is 2. The summed E-state index contributed by atoms with van der Waals surface area (Å²) in [5.74, 6) is 37.0. The van der Waals surface area contributed by atoms with Gasteiger partial charge in [-0.15, -0.1) is 60.0 Å². The Labute approximate surface area is 409 Å². The maximum Gasteiger partial charge on any atom is 0.103 e. The van der Waals surface area contributed by atoms with E-state index in [1.54, 1.807) is 0 Å². The molecule has 0 saturated heterocycles. The summed E-state index contributed by atoms with van der Waals surface area (Å²) < 4.78 is 0. The predicted octanol–water partition coefficient (Wildman–Crippen LogP) is 20.2. The monoisotopic (exact) mass is 885 g/mol. The van der Waals surface area contributed by atoms with Crippen molar-refractivity contribution in [3.63, 3.8) is 0 Å². The van der Waals surface area contributed by atoms with Gasteiger partial charge >= 0.3 is 0 Å². The molecule has 0 bridgehead atoms. The van der Waals surface area contributed by atoms with Gasteiger partial charge in [0.15, 0.2) is 0 Å². The van der Waals surface area contributed by atoms with Crippen molar-refractivity contribution in [2.45, 2.75) is 311 Å². The molecule has 0 aromatic heterocycles. The molecule has 0 aromatic carbocycles. The summed E-state index contributed by atoms with van der Waals surface area (Å²) in [5.41, 5.74) is 4.52. The van der Waals surface area contributed by atoms with Gasteiger partial charge in [-0.1, -0.05) is 213 Å². The molecular weight excluding hydrogens is 781 g/mol. The summed E-state index contributed by atoms with van der Waals surface area (Å²) in [5, 5.41) is 0. The predicted molar refractivity (Wildman–Crippen MR) is 292 cm³/mol. The van der Waals surface area contributed by atoms with E-state index in [-0.39, 0.29) is 5.41 Å². The molecule has 0 saturated carbocycles. The zero-order valence-corrected chi connectivity index (χ0v) is 44.1. The molecule has 2 unspecified atom stereocenters. The van der Waals surface area contributed by atoms with Crippen LogP contribution in [0, 0.1) is 82.9 Å². The minimum atomic E-state index is -0.546. The van der Waals surface area contributed by atoms with Crippen LogP contribution >= 0.6 is 0 Å². The second kappa shape index (κ2) is 48.8. The molecule has 0 radical (unpaired) electrons. The molecule has 0 aliphatic carbocycles. The fourth-order valence-corrected chi connectivity index (χ4v) is 9.04.